The van der Waals surface area contributed by atoms with Gasteiger partial charge in [0.2, 0.25) is 0 Å². The summed E-state index contributed by atoms with van der Waals surface area (Å²) in [6, 6.07) is 0. The molecule has 0 heterocycles. The molecule has 3 aliphatic carbocycles. The highest BCUT2D eigenvalue weighted by molar-refractivity contribution is 5.11. The maximum atomic E-state index is 9.71. The van der Waals surface area contributed by atoms with Crippen LogP contribution in [0.2, 0.25) is 0 Å². The van der Waals surface area contributed by atoms with Gasteiger partial charge in [0, 0.05) is 0 Å². The second kappa shape index (κ2) is 4.67. The minimum atomic E-state index is -0.0133. The van der Waals surface area contributed by atoms with Crippen LogP contribution in [0.15, 0.2) is 12.2 Å². The molecule has 3 aliphatic rings. The molecular formula is C17H28O. The van der Waals surface area contributed by atoms with Gasteiger partial charge in [0.05, 0.1) is 6.10 Å². The second-order valence-electron chi connectivity index (χ2n) is 7.46. The van der Waals surface area contributed by atoms with Crippen LogP contribution in [0.4, 0.5) is 0 Å². The number of aliphatic hydroxyl groups is 1. The zero-order valence-corrected chi connectivity index (χ0v) is 11.8. The molecule has 0 aromatic rings. The Morgan fingerprint density at radius 1 is 1.11 bits per heavy atom. The highest BCUT2D eigenvalue weighted by Gasteiger charge is 2.44. The largest absolute Gasteiger partial charge is 0.393 e. The first-order valence-corrected chi connectivity index (χ1v) is 7.94. The van der Waals surface area contributed by atoms with E-state index in [1.54, 1.807) is 5.57 Å². The summed E-state index contributed by atoms with van der Waals surface area (Å²) >= 11 is 0. The highest BCUT2D eigenvalue weighted by atomic mass is 16.3. The summed E-state index contributed by atoms with van der Waals surface area (Å²) in [5.41, 5.74) is 2.07. The molecular weight excluding hydrogens is 220 g/mol. The molecule has 3 saturated carbocycles. The molecule has 3 unspecified atom stereocenters. The molecule has 3 fully saturated rings. The average Bonchev–Trinajstić information content (AvgIpc) is 2.75. The van der Waals surface area contributed by atoms with Crippen molar-refractivity contribution in [1.29, 1.82) is 0 Å². The number of allylic oxidation sites excluding steroid dienone is 1. The van der Waals surface area contributed by atoms with E-state index in [-0.39, 0.29) is 6.10 Å². The Morgan fingerprint density at radius 2 is 1.83 bits per heavy atom. The van der Waals surface area contributed by atoms with Crippen LogP contribution in [0.3, 0.4) is 0 Å². The molecule has 0 aromatic carbocycles. The molecule has 18 heavy (non-hydrogen) atoms. The van der Waals surface area contributed by atoms with Gasteiger partial charge in [-0.15, -0.1) is 0 Å². The monoisotopic (exact) mass is 248 g/mol. The smallest absolute Gasteiger partial charge is 0.0540 e. The first-order valence-electron chi connectivity index (χ1n) is 7.94. The molecule has 0 aliphatic heterocycles. The summed E-state index contributed by atoms with van der Waals surface area (Å²) in [6.45, 7) is 6.76. The lowest BCUT2D eigenvalue weighted by atomic mass is 9.59. The molecule has 0 bridgehead atoms. The van der Waals surface area contributed by atoms with Crippen molar-refractivity contribution in [3.8, 4) is 0 Å². The Hall–Kier alpha value is -0.300. The van der Waals surface area contributed by atoms with Gasteiger partial charge in [-0.05, 0) is 81.0 Å². The molecule has 1 nitrogen and oxygen atoms in total. The van der Waals surface area contributed by atoms with Gasteiger partial charge in [-0.2, -0.15) is 0 Å². The molecule has 0 amide bonds. The molecule has 0 spiro atoms. The van der Waals surface area contributed by atoms with Gasteiger partial charge in [0.1, 0.15) is 0 Å². The minimum Gasteiger partial charge on any atom is -0.393 e. The van der Waals surface area contributed by atoms with Crippen LogP contribution in [0.25, 0.3) is 0 Å². The van der Waals surface area contributed by atoms with Crippen LogP contribution < -0.4 is 0 Å². The van der Waals surface area contributed by atoms with Gasteiger partial charge in [0.15, 0.2) is 0 Å². The highest BCUT2D eigenvalue weighted by Crippen LogP contribution is 2.54. The van der Waals surface area contributed by atoms with Crippen molar-refractivity contribution in [2.75, 3.05) is 0 Å². The first kappa shape index (κ1) is 12.7. The molecule has 0 radical (unpaired) electrons. The molecule has 1 N–H and O–H groups in total. The zero-order chi connectivity index (χ0) is 12.8. The van der Waals surface area contributed by atoms with E-state index in [1.807, 2.05) is 0 Å². The van der Waals surface area contributed by atoms with Gasteiger partial charge in [-0.3, -0.25) is 0 Å². The summed E-state index contributed by atoms with van der Waals surface area (Å²) in [4.78, 5) is 0. The van der Waals surface area contributed by atoms with Crippen molar-refractivity contribution in [3.63, 3.8) is 0 Å². The lowest BCUT2D eigenvalue weighted by molar-refractivity contribution is 0.0101. The van der Waals surface area contributed by atoms with E-state index in [0.717, 1.165) is 30.6 Å². The Morgan fingerprint density at radius 3 is 2.56 bits per heavy atom. The normalized spacial score (nSPS) is 49.1. The number of hydrogen-bond acceptors (Lipinski definition) is 1. The quantitative estimate of drug-likeness (QED) is 0.686. The van der Waals surface area contributed by atoms with E-state index < -0.39 is 0 Å². The van der Waals surface area contributed by atoms with Crippen LogP contribution in [-0.4, -0.2) is 11.2 Å². The molecule has 0 saturated heterocycles. The molecule has 0 aromatic heterocycles. The Kier molecular flexibility index (Phi) is 3.30. The predicted molar refractivity (Wildman–Crippen MR) is 75.3 cm³/mol. The fourth-order valence-corrected chi connectivity index (χ4v) is 4.98. The van der Waals surface area contributed by atoms with E-state index in [4.69, 9.17) is 0 Å². The topological polar surface area (TPSA) is 20.2 Å². The van der Waals surface area contributed by atoms with Gasteiger partial charge >= 0.3 is 0 Å². The van der Waals surface area contributed by atoms with Crippen molar-refractivity contribution in [3.05, 3.63) is 12.2 Å². The molecule has 102 valence electrons. The van der Waals surface area contributed by atoms with E-state index in [1.165, 1.54) is 44.9 Å². The van der Waals surface area contributed by atoms with Gasteiger partial charge in [-0.1, -0.05) is 19.1 Å². The van der Waals surface area contributed by atoms with Crippen LogP contribution in [0, 0.1) is 23.2 Å². The lowest BCUT2D eigenvalue weighted by Gasteiger charge is -2.46. The summed E-state index contributed by atoms with van der Waals surface area (Å²) in [5.74, 6) is 2.72. The van der Waals surface area contributed by atoms with E-state index in [2.05, 4.69) is 13.5 Å². The predicted octanol–water partition coefficient (Wildman–Crippen LogP) is 4.31. The van der Waals surface area contributed by atoms with Gasteiger partial charge < -0.3 is 5.11 Å². The van der Waals surface area contributed by atoms with Crippen molar-refractivity contribution >= 4 is 0 Å². The third kappa shape index (κ3) is 2.15. The van der Waals surface area contributed by atoms with Crippen LogP contribution in [0.5, 0.6) is 0 Å². The third-order valence-corrected chi connectivity index (χ3v) is 6.43. The number of rotatable bonds is 1. The molecule has 3 rings (SSSR count). The summed E-state index contributed by atoms with van der Waals surface area (Å²) in [5, 5.41) is 9.71. The van der Waals surface area contributed by atoms with E-state index in [0.29, 0.717) is 5.41 Å². The van der Waals surface area contributed by atoms with Crippen LogP contribution >= 0.6 is 0 Å². The summed E-state index contributed by atoms with van der Waals surface area (Å²) in [7, 11) is 0. The second-order valence-corrected chi connectivity index (χ2v) is 7.46. The maximum absolute atomic E-state index is 9.71. The van der Waals surface area contributed by atoms with Gasteiger partial charge in [0.25, 0.3) is 0 Å². The van der Waals surface area contributed by atoms with Crippen LogP contribution in [0.1, 0.15) is 64.7 Å². The fraction of sp³-hybridized carbons (Fsp3) is 0.882. The Labute approximate surface area is 112 Å². The SMILES string of the molecule is C=C1CCC2CC([C@]3(C)CC[C@@H](O)CC3)CCC12. The van der Waals surface area contributed by atoms with Crippen molar-refractivity contribution in [1.82, 2.24) is 0 Å². The first-order chi connectivity index (χ1) is 8.58. The Balaban J connectivity index is 1.66. The van der Waals surface area contributed by atoms with Gasteiger partial charge in [-0.25, -0.2) is 0 Å². The number of hydrogen-bond donors (Lipinski definition) is 1. The van der Waals surface area contributed by atoms with Crippen molar-refractivity contribution < 1.29 is 5.11 Å². The standard InChI is InChI=1S/C17H28O/c1-12-3-4-13-11-14(5-6-16(12)13)17(2)9-7-15(18)8-10-17/h13-16,18H,1,3-11H2,2H3/t13?,14?,15-,16?,17-. The molecule has 3 atom stereocenters. The van der Waals surface area contributed by atoms with E-state index in [9.17, 15) is 5.11 Å². The Bertz CT molecular complexity index is 325. The van der Waals surface area contributed by atoms with Crippen LogP contribution in [-0.2, 0) is 0 Å². The molecule has 1 heteroatoms. The zero-order valence-electron chi connectivity index (χ0n) is 11.8. The number of aliphatic hydroxyl groups excluding tert-OH is 1. The maximum Gasteiger partial charge on any atom is 0.0540 e. The van der Waals surface area contributed by atoms with E-state index >= 15 is 0 Å². The average molecular weight is 248 g/mol. The summed E-state index contributed by atoms with van der Waals surface area (Å²) in [6.07, 6.45) is 11.5. The minimum absolute atomic E-state index is 0.0133. The summed E-state index contributed by atoms with van der Waals surface area (Å²) < 4.78 is 0. The third-order valence-electron chi connectivity index (χ3n) is 6.43. The van der Waals surface area contributed by atoms with Crippen molar-refractivity contribution in [2.45, 2.75) is 70.8 Å². The lowest BCUT2D eigenvalue weighted by Crippen LogP contribution is -2.37. The fourth-order valence-electron chi connectivity index (χ4n) is 4.98. The number of fused-ring (bicyclic) bond motifs is 1. The van der Waals surface area contributed by atoms with Crippen molar-refractivity contribution in [2.24, 2.45) is 23.2 Å².